The molecule has 0 radical (unpaired) electrons. The van der Waals surface area contributed by atoms with E-state index in [1.807, 2.05) is 0 Å². The van der Waals surface area contributed by atoms with Crippen molar-refractivity contribution in [1.29, 1.82) is 0 Å². The van der Waals surface area contributed by atoms with E-state index in [4.69, 9.17) is 9.84 Å². The zero-order chi connectivity index (χ0) is 10.7. The number of ether oxygens (including phenoxy) is 1. The summed E-state index contributed by atoms with van der Waals surface area (Å²) in [7, 11) is 0. The zero-order valence-corrected chi connectivity index (χ0v) is 8.40. The molecule has 0 aromatic carbocycles. The van der Waals surface area contributed by atoms with Gasteiger partial charge in [0.05, 0.1) is 18.8 Å². The standard InChI is InChI=1S/C10H14N2O3/c13-10(14)8-1-2-11-9(7-8)12-3-5-15-6-4-12/h1,7,11H,2-6H2,(H,13,14). The summed E-state index contributed by atoms with van der Waals surface area (Å²) in [5.74, 6) is 0.0143. The molecule has 15 heavy (non-hydrogen) atoms. The van der Waals surface area contributed by atoms with Crippen LogP contribution in [0.15, 0.2) is 23.5 Å². The molecule has 82 valence electrons. The summed E-state index contributed by atoms with van der Waals surface area (Å²) in [5, 5.41) is 12.0. The lowest BCUT2D eigenvalue weighted by Crippen LogP contribution is -2.41. The van der Waals surface area contributed by atoms with Crippen LogP contribution in [-0.4, -0.2) is 48.8 Å². The molecule has 5 heteroatoms. The van der Waals surface area contributed by atoms with Crippen LogP contribution in [-0.2, 0) is 9.53 Å². The van der Waals surface area contributed by atoms with Crippen LogP contribution in [0.5, 0.6) is 0 Å². The minimum absolute atomic E-state index is 0.357. The van der Waals surface area contributed by atoms with Crippen LogP contribution in [0.3, 0.4) is 0 Å². The van der Waals surface area contributed by atoms with Crippen LogP contribution >= 0.6 is 0 Å². The van der Waals surface area contributed by atoms with E-state index in [-0.39, 0.29) is 0 Å². The van der Waals surface area contributed by atoms with Crippen molar-refractivity contribution in [1.82, 2.24) is 10.2 Å². The fourth-order valence-corrected chi connectivity index (χ4v) is 1.68. The Morgan fingerprint density at radius 3 is 2.87 bits per heavy atom. The second-order valence-electron chi connectivity index (χ2n) is 3.47. The first-order valence-corrected chi connectivity index (χ1v) is 4.99. The third-order valence-electron chi connectivity index (χ3n) is 2.50. The summed E-state index contributed by atoms with van der Waals surface area (Å²) < 4.78 is 5.24. The van der Waals surface area contributed by atoms with Crippen molar-refractivity contribution >= 4 is 5.97 Å². The van der Waals surface area contributed by atoms with E-state index in [1.54, 1.807) is 12.2 Å². The molecular formula is C10H14N2O3. The average Bonchev–Trinajstić information content (AvgIpc) is 2.30. The van der Waals surface area contributed by atoms with E-state index >= 15 is 0 Å². The highest BCUT2D eigenvalue weighted by atomic mass is 16.5. The number of morpholine rings is 1. The zero-order valence-electron chi connectivity index (χ0n) is 8.40. The quantitative estimate of drug-likeness (QED) is 0.659. The Bertz CT molecular complexity index is 317. The molecule has 1 saturated heterocycles. The van der Waals surface area contributed by atoms with E-state index in [9.17, 15) is 4.79 Å². The van der Waals surface area contributed by atoms with Crippen LogP contribution in [0.1, 0.15) is 0 Å². The Morgan fingerprint density at radius 2 is 2.20 bits per heavy atom. The normalized spacial score (nSPS) is 21.5. The van der Waals surface area contributed by atoms with E-state index in [2.05, 4.69) is 10.2 Å². The average molecular weight is 210 g/mol. The molecular weight excluding hydrogens is 196 g/mol. The summed E-state index contributed by atoms with van der Waals surface area (Å²) in [6.07, 6.45) is 3.35. The van der Waals surface area contributed by atoms with Crippen molar-refractivity contribution in [2.75, 3.05) is 32.8 Å². The highest BCUT2D eigenvalue weighted by Gasteiger charge is 2.17. The highest BCUT2D eigenvalue weighted by Crippen LogP contribution is 2.12. The second kappa shape index (κ2) is 4.35. The van der Waals surface area contributed by atoms with Crippen LogP contribution < -0.4 is 5.32 Å². The number of hydrogen-bond donors (Lipinski definition) is 2. The summed E-state index contributed by atoms with van der Waals surface area (Å²) in [4.78, 5) is 12.9. The van der Waals surface area contributed by atoms with Gasteiger partial charge in [0.25, 0.3) is 0 Å². The Kier molecular flexibility index (Phi) is 2.91. The number of carboxylic acids is 1. The molecule has 0 atom stereocenters. The summed E-state index contributed by atoms with van der Waals surface area (Å²) in [6, 6.07) is 0. The molecule has 2 aliphatic rings. The smallest absolute Gasteiger partial charge is 0.335 e. The van der Waals surface area contributed by atoms with Crippen LogP contribution in [0.25, 0.3) is 0 Å². The fraction of sp³-hybridized carbons (Fsp3) is 0.500. The lowest BCUT2D eigenvalue weighted by atomic mass is 10.2. The van der Waals surface area contributed by atoms with Gasteiger partial charge in [0.1, 0.15) is 5.82 Å². The lowest BCUT2D eigenvalue weighted by Gasteiger charge is -2.32. The van der Waals surface area contributed by atoms with Gasteiger partial charge in [-0.3, -0.25) is 0 Å². The van der Waals surface area contributed by atoms with Crippen molar-refractivity contribution in [3.63, 3.8) is 0 Å². The summed E-state index contributed by atoms with van der Waals surface area (Å²) in [5.41, 5.74) is 0.357. The van der Waals surface area contributed by atoms with Gasteiger partial charge in [-0.15, -0.1) is 0 Å². The van der Waals surface area contributed by atoms with Gasteiger partial charge in [-0.2, -0.15) is 0 Å². The molecule has 2 aliphatic heterocycles. The van der Waals surface area contributed by atoms with Gasteiger partial charge in [0.2, 0.25) is 0 Å². The van der Waals surface area contributed by atoms with Gasteiger partial charge in [-0.25, -0.2) is 4.79 Å². The highest BCUT2D eigenvalue weighted by molar-refractivity contribution is 5.90. The molecule has 2 rings (SSSR count). The molecule has 2 heterocycles. The minimum atomic E-state index is -0.873. The predicted octanol–water partition coefficient (Wildman–Crippen LogP) is -0.226. The maximum atomic E-state index is 10.8. The SMILES string of the molecule is O=C(O)C1=CCNC(N2CCOCC2)=C1. The van der Waals surface area contributed by atoms with E-state index in [0.29, 0.717) is 25.3 Å². The van der Waals surface area contributed by atoms with E-state index in [1.165, 1.54) is 0 Å². The third-order valence-corrected chi connectivity index (χ3v) is 2.50. The topological polar surface area (TPSA) is 61.8 Å². The number of carboxylic acid groups (broad SMARTS) is 1. The van der Waals surface area contributed by atoms with Crippen LogP contribution in [0.4, 0.5) is 0 Å². The number of hydrogen-bond acceptors (Lipinski definition) is 4. The maximum absolute atomic E-state index is 10.8. The van der Waals surface area contributed by atoms with Crippen molar-refractivity contribution in [3.8, 4) is 0 Å². The largest absolute Gasteiger partial charge is 0.478 e. The van der Waals surface area contributed by atoms with Gasteiger partial charge in [-0.05, 0) is 6.08 Å². The first-order chi connectivity index (χ1) is 7.27. The minimum Gasteiger partial charge on any atom is -0.478 e. The lowest BCUT2D eigenvalue weighted by molar-refractivity contribution is -0.132. The van der Waals surface area contributed by atoms with Gasteiger partial charge < -0.3 is 20.1 Å². The number of rotatable bonds is 2. The molecule has 1 fully saturated rings. The maximum Gasteiger partial charge on any atom is 0.335 e. The molecule has 0 aliphatic carbocycles. The second-order valence-corrected chi connectivity index (χ2v) is 3.47. The molecule has 0 amide bonds. The molecule has 0 aromatic rings. The summed E-state index contributed by atoms with van der Waals surface area (Å²) in [6.45, 7) is 3.60. The monoisotopic (exact) mass is 210 g/mol. The van der Waals surface area contributed by atoms with Crippen molar-refractivity contribution < 1.29 is 14.6 Å². The number of nitrogens with one attached hydrogen (secondary N) is 1. The number of dihydropyridines is 1. The first kappa shape index (κ1) is 10.0. The number of aliphatic carboxylic acids is 1. The molecule has 0 aromatic heterocycles. The van der Waals surface area contributed by atoms with Crippen LogP contribution in [0, 0.1) is 0 Å². The fourth-order valence-electron chi connectivity index (χ4n) is 1.68. The molecule has 0 bridgehead atoms. The Hall–Kier alpha value is -1.49. The number of carbonyl (C=O) groups is 1. The predicted molar refractivity (Wildman–Crippen MR) is 54.2 cm³/mol. The Balaban J connectivity index is 2.08. The van der Waals surface area contributed by atoms with Gasteiger partial charge >= 0.3 is 5.97 Å². The van der Waals surface area contributed by atoms with E-state index in [0.717, 1.165) is 18.9 Å². The van der Waals surface area contributed by atoms with Gasteiger partial charge in [0, 0.05) is 19.6 Å². The number of nitrogens with zero attached hydrogens (tertiary/aromatic N) is 1. The summed E-state index contributed by atoms with van der Waals surface area (Å²) >= 11 is 0. The van der Waals surface area contributed by atoms with Gasteiger partial charge in [-0.1, -0.05) is 6.08 Å². The Morgan fingerprint density at radius 1 is 1.47 bits per heavy atom. The van der Waals surface area contributed by atoms with Crippen molar-refractivity contribution in [2.24, 2.45) is 0 Å². The third kappa shape index (κ3) is 2.30. The molecule has 0 unspecified atom stereocenters. The van der Waals surface area contributed by atoms with Gasteiger partial charge in [0.15, 0.2) is 0 Å². The van der Waals surface area contributed by atoms with Crippen molar-refractivity contribution in [2.45, 2.75) is 0 Å². The molecule has 5 nitrogen and oxygen atoms in total. The van der Waals surface area contributed by atoms with Crippen LogP contribution in [0.2, 0.25) is 0 Å². The first-order valence-electron chi connectivity index (χ1n) is 4.99. The van der Waals surface area contributed by atoms with E-state index < -0.39 is 5.97 Å². The van der Waals surface area contributed by atoms with Crippen molar-refractivity contribution in [3.05, 3.63) is 23.5 Å². The Labute approximate surface area is 88.0 Å². The molecule has 0 spiro atoms. The molecule has 2 N–H and O–H groups in total. The molecule has 0 saturated carbocycles.